The summed E-state index contributed by atoms with van der Waals surface area (Å²) in [5.41, 5.74) is -0.0411. The summed E-state index contributed by atoms with van der Waals surface area (Å²) in [5, 5.41) is 13.5. The van der Waals surface area contributed by atoms with Crippen molar-refractivity contribution in [1.29, 1.82) is 0 Å². The SMILES string of the molecule is CC(C)C(O)C1(CNC(=O)C2CCCN2C2CCCC2)CC1. The fourth-order valence-electron chi connectivity index (χ4n) is 4.57. The van der Waals surface area contributed by atoms with Crippen LogP contribution in [0.1, 0.15) is 65.2 Å². The summed E-state index contributed by atoms with van der Waals surface area (Å²) in [6.07, 6.45) is 9.11. The Bertz CT molecular complexity index is 400. The molecule has 22 heavy (non-hydrogen) atoms. The first-order chi connectivity index (χ1) is 10.5. The molecule has 3 fully saturated rings. The van der Waals surface area contributed by atoms with Crippen LogP contribution >= 0.6 is 0 Å². The summed E-state index contributed by atoms with van der Waals surface area (Å²) in [6, 6.07) is 0.712. The topological polar surface area (TPSA) is 52.6 Å². The number of hydrogen-bond acceptors (Lipinski definition) is 3. The highest BCUT2D eigenvalue weighted by Crippen LogP contribution is 2.50. The van der Waals surface area contributed by atoms with Crippen LogP contribution in [0.2, 0.25) is 0 Å². The van der Waals surface area contributed by atoms with Crippen LogP contribution in [0.15, 0.2) is 0 Å². The number of nitrogens with zero attached hydrogens (tertiary/aromatic N) is 1. The molecular formula is C18H32N2O2. The minimum Gasteiger partial charge on any atom is -0.392 e. The van der Waals surface area contributed by atoms with Crippen molar-refractivity contribution >= 4 is 5.91 Å². The molecule has 2 aliphatic carbocycles. The van der Waals surface area contributed by atoms with Crippen LogP contribution in [0.3, 0.4) is 0 Å². The predicted octanol–water partition coefficient (Wildman–Crippen LogP) is 2.31. The van der Waals surface area contributed by atoms with Gasteiger partial charge in [0.15, 0.2) is 0 Å². The second kappa shape index (κ2) is 6.48. The van der Waals surface area contributed by atoms with Crippen molar-refractivity contribution < 1.29 is 9.90 Å². The van der Waals surface area contributed by atoms with Gasteiger partial charge in [-0.1, -0.05) is 26.7 Å². The summed E-state index contributed by atoms with van der Waals surface area (Å²) in [5.74, 6) is 0.465. The van der Waals surface area contributed by atoms with E-state index in [0.29, 0.717) is 12.6 Å². The third-order valence-corrected chi connectivity index (χ3v) is 6.16. The Hall–Kier alpha value is -0.610. The molecule has 0 aromatic heterocycles. The highest BCUT2D eigenvalue weighted by Gasteiger charge is 2.50. The number of carbonyl (C=O) groups excluding carboxylic acids is 1. The van der Waals surface area contributed by atoms with Crippen LogP contribution < -0.4 is 5.32 Å². The van der Waals surface area contributed by atoms with E-state index in [1.54, 1.807) is 0 Å². The van der Waals surface area contributed by atoms with E-state index in [-0.39, 0.29) is 29.4 Å². The van der Waals surface area contributed by atoms with E-state index in [4.69, 9.17) is 0 Å². The molecule has 0 aromatic rings. The van der Waals surface area contributed by atoms with Crippen LogP contribution in [-0.4, -0.2) is 47.2 Å². The average molecular weight is 308 g/mol. The molecule has 0 aromatic carbocycles. The highest BCUT2D eigenvalue weighted by atomic mass is 16.3. The molecule has 1 heterocycles. The molecule has 1 saturated heterocycles. The van der Waals surface area contributed by atoms with E-state index < -0.39 is 0 Å². The van der Waals surface area contributed by atoms with Crippen molar-refractivity contribution in [3.63, 3.8) is 0 Å². The fourth-order valence-corrected chi connectivity index (χ4v) is 4.57. The molecule has 1 amide bonds. The highest BCUT2D eigenvalue weighted by molar-refractivity contribution is 5.82. The molecule has 0 bridgehead atoms. The Balaban J connectivity index is 1.53. The number of nitrogens with one attached hydrogen (secondary N) is 1. The summed E-state index contributed by atoms with van der Waals surface area (Å²) < 4.78 is 0. The van der Waals surface area contributed by atoms with Crippen molar-refractivity contribution in [2.45, 2.75) is 83.4 Å². The van der Waals surface area contributed by atoms with Crippen LogP contribution in [0.4, 0.5) is 0 Å². The lowest BCUT2D eigenvalue weighted by atomic mass is 9.90. The Morgan fingerprint density at radius 3 is 2.50 bits per heavy atom. The molecule has 3 rings (SSSR count). The minimum absolute atomic E-state index is 0.0411. The van der Waals surface area contributed by atoms with Gasteiger partial charge in [0.05, 0.1) is 12.1 Å². The number of rotatable bonds is 6. The van der Waals surface area contributed by atoms with Gasteiger partial charge in [0.1, 0.15) is 0 Å². The number of aliphatic hydroxyl groups excluding tert-OH is 1. The number of likely N-dealkylation sites (tertiary alicyclic amines) is 1. The lowest BCUT2D eigenvalue weighted by Crippen LogP contribution is -2.49. The van der Waals surface area contributed by atoms with Crippen LogP contribution in [-0.2, 0) is 4.79 Å². The smallest absolute Gasteiger partial charge is 0.237 e. The molecule has 2 saturated carbocycles. The predicted molar refractivity (Wildman–Crippen MR) is 87.5 cm³/mol. The Morgan fingerprint density at radius 1 is 1.23 bits per heavy atom. The third-order valence-electron chi connectivity index (χ3n) is 6.16. The van der Waals surface area contributed by atoms with Gasteiger partial charge in [0.25, 0.3) is 0 Å². The number of carbonyl (C=O) groups is 1. The monoisotopic (exact) mass is 308 g/mol. The van der Waals surface area contributed by atoms with Crippen molar-refractivity contribution in [1.82, 2.24) is 10.2 Å². The van der Waals surface area contributed by atoms with E-state index in [2.05, 4.69) is 24.1 Å². The van der Waals surface area contributed by atoms with Crippen molar-refractivity contribution in [2.24, 2.45) is 11.3 Å². The van der Waals surface area contributed by atoms with E-state index in [1.807, 2.05) is 0 Å². The summed E-state index contributed by atoms with van der Waals surface area (Å²) in [6.45, 7) is 5.86. The third kappa shape index (κ3) is 3.18. The zero-order valence-corrected chi connectivity index (χ0v) is 14.2. The van der Waals surface area contributed by atoms with Gasteiger partial charge in [-0.3, -0.25) is 9.69 Å². The quantitative estimate of drug-likeness (QED) is 0.792. The largest absolute Gasteiger partial charge is 0.392 e. The van der Waals surface area contributed by atoms with Crippen LogP contribution in [0.5, 0.6) is 0 Å². The molecule has 2 N–H and O–H groups in total. The van der Waals surface area contributed by atoms with Gasteiger partial charge in [-0.2, -0.15) is 0 Å². The molecule has 0 radical (unpaired) electrons. The Kier molecular flexibility index (Phi) is 4.79. The van der Waals surface area contributed by atoms with Gasteiger partial charge in [0, 0.05) is 18.0 Å². The second-order valence-electron chi connectivity index (χ2n) is 8.10. The zero-order valence-electron chi connectivity index (χ0n) is 14.2. The van der Waals surface area contributed by atoms with Crippen molar-refractivity contribution in [2.75, 3.05) is 13.1 Å². The standard InChI is InChI=1S/C18H32N2O2/c1-13(2)16(21)18(9-10-18)12-19-17(22)15-8-5-11-20(15)14-6-3-4-7-14/h13-16,21H,3-12H2,1-2H3,(H,19,22). The van der Waals surface area contributed by atoms with Gasteiger partial charge >= 0.3 is 0 Å². The summed E-state index contributed by atoms with van der Waals surface area (Å²) >= 11 is 0. The molecule has 126 valence electrons. The van der Waals surface area contributed by atoms with Gasteiger partial charge in [0.2, 0.25) is 5.91 Å². The maximum absolute atomic E-state index is 12.6. The van der Waals surface area contributed by atoms with E-state index in [1.165, 1.54) is 25.7 Å². The molecule has 2 unspecified atom stereocenters. The maximum Gasteiger partial charge on any atom is 0.237 e. The first-order valence-corrected chi connectivity index (χ1v) is 9.25. The zero-order chi connectivity index (χ0) is 15.7. The Labute approximate surface area is 134 Å². The molecular weight excluding hydrogens is 276 g/mol. The van der Waals surface area contributed by atoms with E-state index in [0.717, 1.165) is 32.2 Å². The first-order valence-electron chi connectivity index (χ1n) is 9.25. The van der Waals surface area contributed by atoms with Crippen molar-refractivity contribution in [3.8, 4) is 0 Å². The Morgan fingerprint density at radius 2 is 1.91 bits per heavy atom. The van der Waals surface area contributed by atoms with Crippen LogP contribution in [0.25, 0.3) is 0 Å². The molecule has 4 nitrogen and oxygen atoms in total. The molecule has 0 spiro atoms. The number of aliphatic hydroxyl groups is 1. The molecule has 4 heteroatoms. The van der Waals surface area contributed by atoms with E-state index >= 15 is 0 Å². The first kappa shape index (κ1) is 16.3. The van der Waals surface area contributed by atoms with Gasteiger partial charge in [-0.25, -0.2) is 0 Å². The number of hydrogen-bond donors (Lipinski definition) is 2. The average Bonchev–Trinajstić information content (AvgIpc) is 2.94. The maximum atomic E-state index is 12.6. The normalized spacial score (nSPS) is 29.9. The van der Waals surface area contributed by atoms with E-state index in [9.17, 15) is 9.90 Å². The molecule has 2 atom stereocenters. The van der Waals surface area contributed by atoms with Gasteiger partial charge < -0.3 is 10.4 Å². The lowest BCUT2D eigenvalue weighted by Gasteiger charge is -2.31. The van der Waals surface area contributed by atoms with Gasteiger partial charge in [-0.15, -0.1) is 0 Å². The van der Waals surface area contributed by atoms with Crippen molar-refractivity contribution in [3.05, 3.63) is 0 Å². The molecule has 1 aliphatic heterocycles. The van der Waals surface area contributed by atoms with Crippen LogP contribution in [0, 0.1) is 11.3 Å². The van der Waals surface area contributed by atoms with Gasteiger partial charge in [-0.05, 0) is 51.0 Å². The second-order valence-corrected chi connectivity index (χ2v) is 8.10. The lowest BCUT2D eigenvalue weighted by molar-refractivity contribution is -0.126. The number of amides is 1. The minimum atomic E-state index is -0.290. The fraction of sp³-hybridized carbons (Fsp3) is 0.944. The summed E-state index contributed by atoms with van der Waals surface area (Å²) in [7, 11) is 0. The summed E-state index contributed by atoms with van der Waals surface area (Å²) in [4.78, 5) is 15.1. The molecule has 3 aliphatic rings.